The number of carbonyl (C=O) groups excluding carboxylic acids is 2. The van der Waals surface area contributed by atoms with Crippen LogP contribution < -0.4 is 5.32 Å². The number of rotatable bonds is 2. The first-order chi connectivity index (χ1) is 8.09. The van der Waals surface area contributed by atoms with Gasteiger partial charge in [-0.1, -0.05) is 0 Å². The third-order valence-electron chi connectivity index (χ3n) is 3.28. The van der Waals surface area contributed by atoms with Crippen LogP contribution in [0.3, 0.4) is 0 Å². The molecule has 0 aromatic carbocycles. The highest BCUT2D eigenvalue weighted by atomic mass is 16.2. The first kappa shape index (κ1) is 12.0. The van der Waals surface area contributed by atoms with E-state index in [0.717, 1.165) is 31.9 Å². The van der Waals surface area contributed by atoms with E-state index >= 15 is 0 Å². The maximum atomic E-state index is 12.0. The van der Waals surface area contributed by atoms with Gasteiger partial charge in [-0.05, 0) is 6.92 Å². The molecule has 0 radical (unpaired) electrons. The second kappa shape index (κ2) is 4.83. The number of piperazine rings is 1. The molecule has 1 saturated heterocycles. The normalized spacial score (nSPS) is 25.2. The van der Waals surface area contributed by atoms with Gasteiger partial charge < -0.3 is 10.2 Å². The smallest absolute Gasteiger partial charge is 0.251 e. The van der Waals surface area contributed by atoms with Crippen molar-refractivity contribution in [2.75, 3.05) is 33.2 Å². The van der Waals surface area contributed by atoms with Gasteiger partial charge in [0.15, 0.2) is 0 Å². The highest BCUT2D eigenvalue weighted by Crippen LogP contribution is 2.18. The van der Waals surface area contributed by atoms with Crippen LogP contribution in [0.15, 0.2) is 5.10 Å². The number of hydrogen-bond acceptors (Lipinski definition) is 4. The molecule has 0 saturated carbocycles. The van der Waals surface area contributed by atoms with Gasteiger partial charge in [0.25, 0.3) is 5.91 Å². The van der Waals surface area contributed by atoms with Crippen molar-refractivity contribution < 1.29 is 9.59 Å². The Balaban J connectivity index is 1.94. The van der Waals surface area contributed by atoms with Crippen molar-refractivity contribution in [2.24, 2.45) is 11.0 Å². The Kier molecular flexibility index (Phi) is 3.42. The molecule has 0 spiro atoms. The van der Waals surface area contributed by atoms with Crippen molar-refractivity contribution in [1.29, 1.82) is 0 Å². The second-order valence-corrected chi connectivity index (χ2v) is 4.49. The molecule has 0 bridgehead atoms. The van der Waals surface area contributed by atoms with Crippen LogP contribution in [0, 0.1) is 5.92 Å². The molecule has 1 fully saturated rings. The van der Waals surface area contributed by atoms with Gasteiger partial charge in [-0.2, -0.15) is 5.10 Å². The van der Waals surface area contributed by atoms with E-state index in [0.29, 0.717) is 0 Å². The number of nitrogens with one attached hydrogen (secondary N) is 1. The van der Waals surface area contributed by atoms with E-state index in [1.165, 1.54) is 5.01 Å². The average molecular weight is 238 g/mol. The molecule has 0 aromatic heterocycles. The van der Waals surface area contributed by atoms with Crippen molar-refractivity contribution >= 4 is 17.5 Å². The van der Waals surface area contributed by atoms with Gasteiger partial charge in [0.05, 0.1) is 5.92 Å². The fourth-order valence-electron chi connectivity index (χ4n) is 2.21. The Bertz CT molecular complexity index is 360. The number of hydrazone groups is 1. The van der Waals surface area contributed by atoms with E-state index in [4.69, 9.17) is 0 Å². The van der Waals surface area contributed by atoms with Gasteiger partial charge in [-0.15, -0.1) is 0 Å². The van der Waals surface area contributed by atoms with E-state index in [2.05, 4.69) is 10.4 Å². The van der Waals surface area contributed by atoms with Crippen molar-refractivity contribution in [3.8, 4) is 0 Å². The first-order valence-corrected chi connectivity index (χ1v) is 5.90. The molecule has 17 heavy (non-hydrogen) atoms. The summed E-state index contributed by atoms with van der Waals surface area (Å²) in [6.45, 7) is 4.92. The second-order valence-electron chi connectivity index (χ2n) is 4.49. The van der Waals surface area contributed by atoms with E-state index in [1.807, 2.05) is 4.90 Å². The summed E-state index contributed by atoms with van der Waals surface area (Å²) in [5, 5.41) is 8.59. The molecule has 2 rings (SSSR count). The molecule has 6 heteroatoms. The van der Waals surface area contributed by atoms with E-state index in [-0.39, 0.29) is 24.2 Å². The molecule has 2 amide bonds. The summed E-state index contributed by atoms with van der Waals surface area (Å²) in [5.41, 5.74) is 0.737. The van der Waals surface area contributed by atoms with E-state index < -0.39 is 0 Å². The number of carbonyl (C=O) groups is 2. The molecule has 1 N–H and O–H groups in total. The lowest BCUT2D eigenvalue weighted by Gasteiger charge is -2.28. The topological polar surface area (TPSA) is 65.0 Å². The fraction of sp³-hybridized carbons (Fsp3) is 0.727. The van der Waals surface area contributed by atoms with E-state index in [1.54, 1.807) is 14.0 Å². The van der Waals surface area contributed by atoms with Crippen molar-refractivity contribution in [1.82, 2.24) is 15.2 Å². The van der Waals surface area contributed by atoms with Crippen LogP contribution >= 0.6 is 0 Å². The first-order valence-electron chi connectivity index (χ1n) is 5.90. The van der Waals surface area contributed by atoms with Crippen LogP contribution in [-0.2, 0) is 9.59 Å². The lowest BCUT2D eigenvalue weighted by molar-refractivity contribution is -0.137. The summed E-state index contributed by atoms with van der Waals surface area (Å²) in [4.78, 5) is 25.6. The summed E-state index contributed by atoms with van der Waals surface area (Å²) < 4.78 is 0. The Morgan fingerprint density at radius 1 is 1.47 bits per heavy atom. The minimum absolute atomic E-state index is 0.0506. The SMILES string of the molecule is CC1=NN(C)C(=O)C1CC(=O)N1CCNCC1. The van der Waals surface area contributed by atoms with Crippen molar-refractivity contribution in [3.05, 3.63) is 0 Å². The predicted molar refractivity (Wildman–Crippen MR) is 63.4 cm³/mol. The lowest BCUT2D eigenvalue weighted by Crippen LogP contribution is -2.47. The largest absolute Gasteiger partial charge is 0.340 e. The highest BCUT2D eigenvalue weighted by molar-refractivity contribution is 6.08. The summed E-state index contributed by atoms with van der Waals surface area (Å²) >= 11 is 0. The molecule has 0 aromatic rings. The fourth-order valence-corrected chi connectivity index (χ4v) is 2.21. The van der Waals surface area contributed by atoms with Gasteiger partial charge in [-0.25, -0.2) is 5.01 Å². The van der Waals surface area contributed by atoms with Gasteiger partial charge in [0.2, 0.25) is 5.91 Å². The Morgan fingerprint density at radius 3 is 2.65 bits per heavy atom. The van der Waals surface area contributed by atoms with Gasteiger partial charge >= 0.3 is 0 Å². The van der Waals surface area contributed by atoms with Crippen LogP contribution in [0.5, 0.6) is 0 Å². The number of amides is 2. The third-order valence-corrected chi connectivity index (χ3v) is 3.28. The van der Waals surface area contributed by atoms with Crippen LogP contribution in [0.1, 0.15) is 13.3 Å². The van der Waals surface area contributed by atoms with Gasteiger partial charge in [0, 0.05) is 45.4 Å². The minimum Gasteiger partial charge on any atom is -0.340 e. The maximum Gasteiger partial charge on any atom is 0.251 e. The van der Waals surface area contributed by atoms with Gasteiger partial charge in [0.1, 0.15) is 0 Å². The molecule has 2 aliphatic rings. The quantitative estimate of drug-likeness (QED) is 0.690. The summed E-state index contributed by atoms with van der Waals surface area (Å²) in [5.74, 6) is -0.386. The maximum absolute atomic E-state index is 12.0. The highest BCUT2D eigenvalue weighted by Gasteiger charge is 2.34. The summed E-state index contributed by atoms with van der Waals surface area (Å²) in [6, 6.07) is 0. The third kappa shape index (κ3) is 2.46. The average Bonchev–Trinajstić information content (AvgIpc) is 2.57. The Hall–Kier alpha value is -1.43. The molecule has 6 nitrogen and oxygen atoms in total. The molecular weight excluding hydrogens is 220 g/mol. The summed E-state index contributed by atoms with van der Waals surface area (Å²) in [7, 11) is 1.63. The zero-order valence-electron chi connectivity index (χ0n) is 10.3. The molecular formula is C11H18N4O2. The predicted octanol–water partition coefficient (Wildman–Crippen LogP) is -0.728. The molecule has 0 aliphatic carbocycles. The standard InChI is InChI=1S/C11H18N4O2/c1-8-9(11(17)14(2)13-8)7-10(16)15-5-3-12-4-6-15/h9,12H,3-7H2,1-2H3. The number of nitrogens with zero attached hydrogens (tertiary/aromatic N) is 3. The van der Waals surface area contributed by atoms with Crippen LogP contribution in [-0.4, -0.2) is 60.7 Å². The zero-order valence-corrected chi connectivity index (χ0v) is 10.3. The number of hydrogen-bond donors (Lipinski definition) is 1. The van der Waals surface area contributed by atoms with Crippen molar-refractivity contribution in [2.45, 2.75) is 13.3 Å². The van der Waals surface area contributed by atoms with E-state index in [9.17, 15) is 9.59 Å². The van der Waals surface area contributed by atoms with Crippen molar-refractivity contribution in [3.63, 3.8) is 0 Å². The molecule has 1 atom stereocenters. The molecule has 2 aliphatic heterocycles. The van der Waals surface area contributed by atoms with Crippen LogP contribution in [0.2, 0.25) is 0 Å². The Labute approximate surface area is 101 Å². The molecule has 2 heterocycles. The summed E-state index contributed by atoms with van der Waals surface area (Å²) in [6.07, 6.45) is 0.249. The monoisotopic (exact) mass is 238 g/mol. The molecule has 94 valence electrons. The minimum atomic E-state index is -0.359. The van der Waals surface area contributed by atoms with Gasteiger partial charge in [-0.3, -0.25) is 9.59 Å². The van der Waals surface area contributed by atoms with Crippen LogP contribution in [0.4, 0.5) is 0 Å². The Morgan fingerprint density at radius 2 is 2.12 bits per heavy atom. The molecule has 1 unspecified atom stereocenters. The van der Waals surface area contributed by atoms with Crippen LogP contribution in [0.25, 0.3) is 0 Å². The zero-order chi connectivity index (χ0) is 12.4. The lowest BCUT2D eigenvalue weighted by atomic mass is 9.99.